The van der Waals surface area contributed by atoms with Gasteiger partial charge in [0.15, 0.2) is 0 Å². The van der Waals surface area contributed by atoms with Gasteiger partial charge in [0.1, 0.15) is 18.2 Å². The summed E-state index contributed by atoms with van der Waals surface area (Å²) in [5, 5.41) is 8.84. The zero-order chi connectivity index (χ0) is 13.8. The lowest BCUT2D eigenvalue weighted by atomic mass is 10.1. The van der Waals surface area contributed by atoms with Crippen LogP contribution in [-0.2, 0) is 6.61 Å². The average Bonchev–Trinajstić information content (AvgIpc) is 2.37. The molecule has 0 heterocycles. The normalized spacial score (nSPS) is 9.95. The van der Waals surface area contributed by atoms with Crippen molar-refractivity contribution in [1.82, 2.24) is 0 Å². The van der Waals surface area contributed by atoms with E-state index in [4.69, 9.17) is 15.7 Å². The number of benzene rings is 2. The molecule has 0 spiro atoms. The third kappa shape index (κ3) is 3.23. The molecule has 0 atom stereocenters. The van der Waals surface area contributed by atoms with Gasteiger partial charge < -0.3 is 10.5 Å². The minimum atomic E-state index is -0.388. The molecule has 0 aliphatic carbocycles. The second kappa shape index (κ2) is 5.40. The summed E-state index contributed by atoms with van der Waals surface area (Å²) in [6.45, 7) is 2.09. The summed E-state index contributed by atoms with van der Waals surface area (Å²) in [4.78, 5) is 0. The fourth-order valence-corrected chi connectivity index (χ4v) is 1.74. The van der Waals surface area contributed by atoms with Crippen LogP contribution in [0.2, 0.25) is 0 Å². The Bertz CT molecular complexity index is 627. The highest BCUT2D eigenvalue weighted by Gasteiger charge is 2.04. The summed E-state index contributed by atoms with van der Waals surface area (Å²) in [5.74, 6) is 0.225. The van der Waals surface area contributed by atoms with E-state index in [1.165, 1.54) is 12.1 Å². The first kappa shape index (κ1) is 12.9. The highest BCUT2D eigenvalue weighted by atomic mass is 19.1. The van der Waals surface area contributed by atoms with E-state index >= 15 is 0 Å². The molecular weight excluding hydrogens is 243 g/mol. The van der Waals surface area contributed by atoms with Gasteiger partial charge in [-0.25, -0.2) is 4.39 Å². The van der Waals surface area contributed by atoms with Gasteiger partial charge in [-0.3, -0.25) is 0 Å². The predicted molar refractivity (Wildman–Crippen MR) is 71.0 cm³/mol. The zero-order valence-corrected chi connectivity index (χ0v) is 10.5. The van der Waals surface area contributed by atoms with Crippen LogP contribution in [0, 0.1) is 24.1 Å². The van der Waals surface area contributed by atoms with Crippen molar-refractivity contribution < 1.29 is 9.13 Å². The topological polar surface area (TPSA) is 59.0 Å². The Morgan fingerprint density at radius 2 is 2.05 bits per heavy atom. The molecular formula is C15H13FN2O. The van der Waals surface area contributed by atoms with E-state index in [2.05, 4.69) is 6.07 Å². The molecule has 0 amide bonds. The van der Waals surface area contributed by atoms with E-state index in [0.29, 0.717) is 22.6 Å². The fraction of sp³-hybridized carbons (Fsp3) is 0.133. The highest BCUT2D eigenvalue weighted by molar-refractivity contribution is 5.43. The maximum Gasteiger partial charge on any atom is 0.125 e. The number of ether oxygens (including phenoxy) is 1. The average molecular weight is 256 g/mol. The molecule has 19 heavy (non-hydrogen) atoms. The SMILES string of the molecule is Cc1ccc(C#N)cc1OCc1cc(N)cc(F)c1. The Morgan fingerprint density at radius 1 is 1.26 bits per heavy atom. The van der Waals surface area contributed by atoms with E-state index in [9.17, 15) is 4.39 Å². The maximum atomic E-state index is 13.2. The molecule has 0 radical (unpaired) electrons. The first-order valence-corrected chi connectivity index (χ1v) is 5.77. The fourth-order valence-electron chi connectivity index (χ4n) is 1.74. The van der Waals surface area contributed by atoms with Gasteiger partial charge in [-0.1, -0.05) is 6.07 Å². The summed E-state index contributed by atoms with van der Waals surface area (Å²) < 4.78 is 18.8. The number of nitriles is 1. The van der Waals surface area contributed by atoms with Crippen LogP contribution in [0.5, 0.6) is 5.75 Å². The third-order valence-electron chi connectivity index (χ3n) is 2.69. The monoisotopic (exact) mass is 256 g/mol. The zero-order valence-electron chi connectivity index (χ0n) is 10.5. The van der Waals surface area contributed by atoms with Crippen LogP contribution in [-0.4, -0.2) is 0 Å². The minimum absolute atomic E-state index is 0.206. The van der Waals surface area contributed by atoms with Gasteiger partial charge >= 0.3 is 0 Å². The van der Waals surface area contributed by atoms with Gasteiger partial charge in [0, 0.05) is 5.69 Å². The van der Waals surface area contributed by atoms with Gasteiger partial charge in [-0.15, -0.1) is 0 Å². The largest absolute Gasteiger partial charge is 0.489 e. The van der Waals surface area contributed by atoms with E-state index in [0.717, 1.165) is 5.56 Å². The van der Waals surface area contributed by atoms with Crippen LogP contribution in [0.15, 0.2) is 36.4 Å². The van der Waals surface area contributed by atoms with E-state index in [1.54, 1.807) is 18.2 Å². The Balaban J connectivity index is 2.16. The summed E-state index contributed by atoms with van der Waals surface area (Å²) in [6, 6.07) is 11.5. The molecule has 0 unspecified atom stereocenters. The molecule has 2 rings (SSSR count). The molecule has 0 fully saturated rings. The van der Waals surface area contributed by atoms with Crippen LogP contribution < -0.4 is 10.5 Å². The lowest BCUT2D eigenvalue weighted by Gasteiger charge is -2.10. The first-order chi connectivity index (χ1) is 9.08. The summed E-state index contributed by atoms with van der Waals surface area (Å²) in [6.07, 6.45) is 0. The molecule has 0 aliphatic rings. The second-order valence-electron chi connectivity index (χ2n) is 4.27. The molecule has 4 heteroatoms. The van der Waals surface area contributed by atoms with Crippen molar-refractivity contribution in [3.8, 4) is 11.8 Å². The lowest BCUT2D eigenvalue weighted by molar-refractivity contribution is 0.303. The Morgan fingerprint density at radius 3 is 2.74 bits per heavy atom. The third-order valence-corrected chi connectivity index (χ3v) is 2.69. The van der Waals surface area contributed by atoms with Crippen molar-refractivity contribution >= 4 is 5.69 Å². The van der Waals surface area contributed by atoms with E-state index in [1.807, 2.05) is 13.0 Å². The highest BCUT2D eigenvalue weighted by Crippen LogP contribution is 2.21. The van der Waals surface area contributed by atoms with Crippen LogP contribution >= 0.6 is 0 Å². The van der Waals surface area contributed by atoms with Crippen molar-refractivity contribution in [3.63, 3.8) is 0 Å². The number of anilines is 1. The Kier molecular flexibility index (Phi) is 3.67. The molecule has 96 valence electrons. The Labute approximate surface area is 111 Å². The first-order valence-electron chi connectivity index (χ1n) is 5.77. The van der Waals surface area contributed by atoms with Gasteiger partial charge in [0.05, 0.1) is 11.6 Å². The molecule has 0 aromatic heterocycles. The molecule has 2 aromatic rings. The van der Waals surface area contributed by atoms with Crippen molar-refractivity contribution in [3.05, 3.63) is 58.9 Å². The second-order valence-corrected chi connectivity index (χ2v) is 4.27. The van der Waals surface area contributed by atoms with Gasteiger partial charge in [0.25, 0.3) is 0 Å². The quantitative estimate of drug-likeness (QED) is 0.858. The van der Waals surface area contributed by atoms with Crippen molar-refractivity contribution in [2.75, 3.05) is 5.73 Å². The molecule has 0 aliphatic heterocycles. The van der Waals surface area contributed by atoms with Gasteiger partial charge in [-0.05, 0) is 48.4 Å². The van der Waals surface area contributed by atoms with Gasteiger partial charge in [0.2, 0.25) is 0 Å². The molecule has 3 nitrogen and oxygen atoms in total. The van der Waals surface area contributed by atoms with Crippen molar-refractivity contribution in [1.29, 1.82) is 5.26 Å². The number of hydrogen-bond acceptors (Lipinski definition) is 3. The van der Waals surface area contributed by atoms with Crippen LogP contribution in [0.1, 0.15) is 16.7 Å². The van der Waals surface area contributed by atoms with E-state index in [-0.39, 0.29) is 12.4 Å². The number of hydrogen-bond donors (Lipinski definition) is 1. The number of aryl methyl sites for hydroxylation is 1. The number of rotatable bonds is 3. The van der Waals surface area contributed by atoms with Crippen LogP contribution in [0.3, 0.4) is 0 Å². The van der Waals surface area contributed by atoms with Crippen LogP contribution in [0.4, 0.5) is 10.1 Å². The van der Waals surface area contributed by atoms with Crippen molar-refractivity contribution in [2.24, 2.45) is 0 Å². The molecule has 0 saturated carbocycles. The molecule has 2 aromatic carbocycles. The smallest absolute Gasteiger partial charge is 0.125 e. The number of nitrogens with zero attached hydrogens (tertiary/aromatic N) is 1. The standard InChI is InChI=1S/C15H13FN2O/c1-10-2-3-11(8-17)6-15(10)19-9-12-4-13(16)7-14(18)5-12/h2-7H,9,18H2,1H3. The number of nitrogens with two attached hydrogens (primary N) is 1. The van der Waals surface area contributed by atoms with Gasteiger partial charge in [-0.2, -0.15) is 5.26 Å². The summed E-state index contributed by atoms with van der Waals surface area (Å²) in [5.41, 5.74) is 8.03. The summed E-state index contributed by atoms with van der Waals surface area (Å²) >= 11 is 0. The summed E-state index contributed by atoms with van der Waals surface area (Å²) in [7, 11) is 0. The maximum absolute atomic E-state index is 13.2. The van der Waals surface area contributed by atoms with Crippen LogP contribution in [0.25, 0.3) is 0 Å². The number of nitrogen functional groups attached to an aromatic ring is 1. The lowest BCUT2D eigenvalue weighted by Crippen LogP contribution is -1.99. The molecule has 0 bridgehead atoms. The van der Waals surface area contributed by atoms with E-state index < -0.39 is 0 Å². The molecule has 2 N–H and O–H groups in total. The molecule has 0 saturated heterocycles. The number of halogens is 1. The minimum Gasteiger partial charge on any atom is -0.489 e. The Hall–Kier alpha value is -2.54. The predicted octanol–water partition coefficient (Wildman–Crippen LogP) is 3.17. The van der Waals surface area contributed by atoms with Crippen molar-refractivity contribution in [2.45, 2.75) is 13.5 Å².